The molecule has 3 aromatic carbocycles. The Balaban J connectivity index is 1.49. The number of alkyl carbamates (subject to hydrolysis) is 1. The highest BCUT2D eigenvalue weighted by molar-refractivity contribution is 5.90. The quantitative estimate of drug-likeness (QED) is 0.436. The lowest BCUT2D eigenvalue weighted by Crippen LogP contribution is -2.47. The molecule has 35 heavy (non-hydrogen) atoms. The van der Waals surface area contributed by atoms with Crippen LogP contribution in [0, 0.1) is 12.3 Å². The fraction of sp³-hybridized carbons (Fsp3) is 0.179. The van der Waals surface area contributed by atoms with E-state index in [2.05, 4.69) is 16.6 Å². The second kappa shape index (κ2) is 10.6. The van der Waals surface area contributed by atoms with E-state index in [0.29, 0.717) is 5.56 Å². The zero-order valence-electron chi connectivity index (χ0n) is 18.8. The maximum atomic E-state index is 12.9. The fourth-order valence-electron chi connectivity index (χ4n) is 4.28. The lowest BCUT2D eigenvalue weighted by atomic mass is 9.98. The van der Waals surface area contributed by atoms with Crippen LogP contribution in [0.25, 0.3) is 11.1 Å². The van der Waals surface area contributed by atoms with Crippen molar-refractivity contribution in [2.75, 3.05) is 6.61 Å². The van der Waals surface area contributed by atoms with E-state index in [1.807, 2.05) is 48.5 Å². The predicted molar refractivity (Wildman–Crippen MR) is 130 cm³/mol. The van der Waals surface area contributed by atoms with Gasteiger partial charge in [-0.3, -0.25) is 4.79 Å². The standard InChI is InChI=1S/C28H24N2O5/c1-2-10-24(27(32)33)29-26(31)25(18-11-4-3-5-12-18)30-28(34)35-17-23-21-15-8-6-13-19(21)20-14-7-9-16-22(20)23/h1,3-9,11-16,23-25H,10,17H2,(H,29,31)(H,30,34)(H,32,33)/t24?,25-/m1/s1. The number of carbonyl (C=O) groups is 3. The molecule has 2 amide bonds. The van der Waals surface area contributed by atoms with Crippen molar-refractivity contribution in [3.05, 3.63) is 95.6 Å². The van der Waals surface area contributed by atoms with E-state index >= 15 is 0 Å². The number of carboxylic acid groups (broad SMARTS) is 1. The van der Waals surface area contributed by atoms with Crippen molar-refractivity contribution >= 4 is 18.0 Å². The second-order valence-corrected chi connectivity index (χ2v) is 8.12. The lowest BCUT2D eigenvalue weighted by molar-refractivity contribution is -0.142. The monoisotopic (exact) mass is 468 g/mol. The average molecular weight is 469 g/mol. The molecular weight excluding hydrogens is 444 g/mol. The summed E-state index contributed by atoms with van der Waals surface area (Å²) < 4.78 is 5.56. The van der Waals surface area contributed by atoms with E-state index in [1.165, 1.54) is 0 Å². The van der Waals surface area contributed by atoms with Crippen molar-refractivity contribution in [2.24, 2.45) is 0 Å². The van der Waals surface area contributed by atoms with Gasteiger partial charge in [-0.1, -0.05) is 78.9 Å². The van der Waals surface area contributed by atoms with E-state index in [1.54, 1.807) is 30.3 Å². The molecule has 4 rings (SSSR count). The molecule has 1 aliphatic carbocycles. The number of carboxylic acids is 1. The van der Waals surface area contributed by atoms with Gasteiger partial charge in [-0.25, -0.2) is 9.59 Å². The van der Waals surface area contributed by atoms with Crippen LogP contribution in [-0.2, 0) is 14.3 Å². The van der Waals surface area contributed by atoms with Crippen LogP contribution in [0.2, 0.25) is 0 Å². The average Bonchev–Trinajstić information content (AvgIpc) is 3.20. The summed E-state index contributed by atoms with van der Waals surface area (Å²) in [5.41, 5.74) is 4.82. The Morgan fingerprint density at radius 1 is 0.886 bits per heavy atom. The summed E-state index contributed by atoms with van der Waals surface area (Å²) in [6.45, 7) is 0.0812. The van der Waals surface area contributed by atoms with Gasteiger partial charge in [0.25, 0.3) is 0 Å². The number of hydrogen-bond donors (Lipinski definition) is 3. The molecule has 3 N–H and O–H groups in total. The third kappa shape index (κ3) is 5.17. The molecule has 0 heterocycles. The minimum absolute atomic E-state index is 0.0812. The lowest BCUT2D eigenvalue weighted by Gasteiger charge is -2.21. The first-order valence-electron chi connectivity index (χ1n) is 11.1. The molecule has 0 bridgehead atoms. The number of ether oxygens (including phenoxy) is 1. The van der Waals surface area contributed by atoms with Crippen molar-refractivity contribution in [3.8, 4) is 23.5 Å². The van der Waals surface area contributed by atoms with Crippen LogP contribution in [0.4, 0.5) is 4.79 Å². The number of amides is 2. The van der Waals surface area contributed by atoms with Crippen molar-refractivity contribution in [1.29, 1.82) is 0 Å². The Kier molecular flexibility index (Phi) is 7.12. The highest BCUT2D eigenvalue weighted by Gasteiger charge is 2.31. The SMILES string of the molecule is C#CCC(NC(=O)[C@H](NC(=O)OCC1c2ccccc2-c2ccccc21)c1ccccc1)C(=O)O. The third-order valence-electron chi connectivity index (χ3n) is 5.94. The van der Waals surface area contributed by atoms with Crippen LogP contribution in [-0.4, -0.2) is 35.7 Å². The van der Waals surface area contributed by atoms with Gasteiger partial charge >= 0.3 is 12.1 Å². The number of benzene rings is 3. The molecule has 0 fully saturated rings. The summed E-state index contributed by atoms with van der Waals surface area (Å²) in [7, 11) is 0. The Bertz CT molecular complexity index is 1240. The highest BCUT2D eigenvalue weighted by Crippen LogP contribution is 2.44. The molecule has 1 aliphatic rings. The van der Waals surface area contributed by atoms with Gasteiger partial charge in [-0.2, -0.15) is 0 Å². The fourth-order valence-corrected chi connectivity index (χ4v) is 4.28. The van der Waals surface area contributed by atoms with Gasteiger partial charge < -0.3 is 20.5 Å². The van der Waals surface area contributed by atoms with Crippen molar-refractivity contribution < 1.29 is 24.2 Å². The molecule has 0 spiro atoms. The van der Waals surface area contributed by atoms with E-state index in [0.717, 1.165) is 22.3 Å². The first-order chi connectivity index (χ1) is 17.0. The van der Waals surface area contributed by atoms with Gasteiger partial charge in [0.1, 0.15) is 18.7 Å². The predicted octanol–water partition coefficient (Wildman–Crippen LogP) is 3.86. The number of rotatable bonds is 8. The summed E-state index contributed by atoms with van der Waals surface area (Å²) in [4.78, 5) is 37.2. The largest absolute Gasteiger partial charge is 0.480 e. The highest BCUT2D eigenvalue weighted by atomic mass is 16.5. The first-order valence-corrected chi connectivity index (χ1v) is 11.1. The molecule has 0 radical (unpaired) electrons. The summed E-state index contributed by atoms with van der Waals surface area (Å²) in [5, 5.41) is 14.3. The Morgan fingerprint density at radius 3 is 2.03 bits per heavy atom. The van der Waals surface area contributed by atoms with Crippen LogP contribution in [0.1, 0.15) is 35.1 Å². The molecule has 2 atom stereocenters. The number of aliphatic carboxylic acids is 1. The van der Waals surface area contributed by atoms with Gasteiger partial charge in [-0.15, -0.1) is 12.3 Å². The molecule has 7 nitrogen and oxygen atoms in total. The van der Waals surface area contributed by atoms with Crippen molar-refractivity contribution in [3.63, 3.8) is 0 Å². The number of terminal acetylenes is 1. The second-order valence-electron chi connectivity index (χ2n) is 8.12. The Hall–Kier alpha value is -4.57. The molecule has 176 valence electrons. The molecule has 7 heteroatoms. The maximum absolute atomic E-state index is 12.9. The van der Waals surface area contributed by atoms with E-state index in [-0.39, 0.29) is 18.9 Å². The smallest absolute Gasteiger partial charge is 0.408 e. The van der Waals surface area contributed by atoms with Gasteiger partial charge in [0.15, 0.2) is 0 Å². The summed E-state index contributed by atoms with van der Waals surface area (Å²) in [5.74, 6) is 0.138. The molecule has 0 aromatic heterocycles. The minimum atomic E-state index is -1.27. The van der Waals surface area contributed by atoms with Gasteiger partial charge in [0.2, 0.25) is 5.91 Å². The normalized spacial score (nSPS) is 13.5. The molecule has 1 unspecified atom stereocenters. The van der Waals surface area contributed by atoms with Crippen LogP contribution in [0.5, 0.6) is 0 Å². The maximum Gasteiger partial charge on any atom is 0.408 e. The molecule has 3 aromatic rings. The van der Waals surface area contributed by atoms with E-state index in [9.17, 15) is 19.5 Å². The zero-order chi connectivity index (χ0) is 24.8. The van der Waals surface area contributed by atoms with Crippen LogP contribution >= 0.6 is 0 Å². The zero-order valence-corrected chi connectivity index (χ0v) is 18.8. The van der Waals surface area contributed by atoms with E-state index in [4.69, 9.17) is 11.2 Å². The molecule has 0 aliphatic heterocycles. The summed E-state index contributed by atoms with van der Waals surface area (Å²) in [6.07, 6.45) is 4.24. The van der Waals surface area contributed by atoms with Crippen molar-refractivity contribution in [2.45, 2.75) is 24.4 Å². The number of carbonyl (C=O) groups excluding carboxylic acids is 2. The number of hydrogen-bond acceptors (Lipinski definition) is 4. The number of nitrogens with one attached hydrogen (secondary N) is 2. The summed E-state index contributed by atoms with van der Waals surface area (Å²) >= 11 is 0. The van der Waals surface area contributed by atoms with Gasteiger partial charge in [0.05, 0.1) is 0 Å². The Morgan fingerprint density at radius 2 is 1.46 bits per heavy atom. The summed E-state index contributed by atoms with van der Waals surface area (Å²) in [6, 6.07) is 22.0. The molecule has 0 saturated carbocycles. The third-order valence-corrected chi connectivity index (χ3v) is 5.94. The van der Waals surface area contributed by atoms with Gasteiger partial charge in [-0.05, 0) is 27.8 Å². The van der Waals surface area contributed by atoms with Gasteiger partial charge in [0, 0.05) is 12.3 Å². The van der Waals surface area contributed by atoms with Crippen LogP contribution < -0.4 is 10.6 Å². The molecule has 0 saturated heterocycles. The number of fused-ring (bicyclic) bond motifs is 3. The first kappa shape index (κ1) is 23.6. The Labute approximate surface area is 203 Å². The minimum Gasteiger partial charge on any atom is -0.480 e. The van der Waals surface area contributed by atoms with Crippen LogP contribution in [0.15, 0.2) is 78.9 Å². The van der Waals surface area contributed by atoms with Crippen LogP contribution in [0.3, 0.4) is 0 Å². The topological polar surface area (TPSA) is 105 Å². The van der Waals surface area contributed by atoms with Crippen molar-refractivity contribution in [1.82, 2.24) is 10.6 Å². The van der Waals surface area contributed by atoms with E-state index < -0.39 is 30.1 Å². The molecular formula is C28H24N2O5.